The van der Waals surface area contributed by atoms with Crippen LogP contribution < -0.4 is 15.4 Å². The Morgan fingerprint density at radius 3 is 2.54 bits per heavy atom. The van der Waals surface area contributed by atoms with Crippen molar-refractivity contribution < 1.29 is 31.5 Å². The molecule has 1 aromatic carbocycles. The van der Waals surface area contributed by atoms with Crippen LogP contribution in [0, 0.1) is 24.5 Å². The van der Waals surface area contributed by atoms with E-state index in [1.807, 2.05) is 0 Å². The summed E-state index contributed by atoms with van der Waals surface area (Å²) in [6.45, 7) is 3.45. The molecule has 1 aliphatic heterocycles. The predicted molar refractivity (Wildman–Crippen MR) is 129 cm³/mol. The molecule has 35 heavy (non-hydrogen) atoms. The van der Waals surface area contributed by atoms with E-state index < -0.39 is 52.2 Å². The molecule has 10 nitrogen and oxygen atoms in total. The van der Waals surface area contributed by atoms with Crippen LogP contribution >= 0.6 is 12.4 Å². The van der Waals surface area contributed by atoms with Gasteiger partial charge in [0.05, 0.1) is 12.6 Å². The minimum Gasteiger partial charge on any atom is -0.450 e. The Balaban J connectivity index is 0.00000432. The first-order valence-corrected chi connectivity index (χ1v) is 11.7. The maximum absolute atomic E-state index is 15.5. The number of thiol groups is 1. The maximum atomic E-state index is 15.5. The lowest BCUT2D eigenvalue weighted by Crippen LogP contribution is -2.43. The molecule has 194 valence electrons. The Kier molecular flexibility index (Phi) is 9.46. The number of likely N-dealkylation sites (tertiary alicyclic amines) is 1. The molecule has 1 aliphatic rings. The number of aryl methyl sites for hydroxylation is 2. The summed E-state index contributed by atoms with van der Waals surface area (Å²) in [5.74, 6) is -2.82. The van der Waals surface area contributed by atoms with E-state index in [2.05, 4.69) is 5.32 Å². The molecule has 3 rings (SSSR count). The molecule has 2 atom stereocenters. The highest BCUT2D eigenvalue weighted by Crippen LogP contribution is 2.32. The van der Waals surface area contributed by atoms with Crippen molar-refractivity contribution in [3.63, 3.8) is 0 Å². The van der Waals surface area contributed by atoms with Crippen molar-refractivity contribution in [1.82, 2.24) is 9.47 Å². The fraction of sp³-hybridized carbons (Fsp3) is 0.429. The van der Waals surface area contributed by atoms with Gasteiger partial charge in [-0.05, 0) is 44.2 Å². The molecule has 1 fully saturated rings. The molecule has 2 unspecified atom stereocenters. The van der Waals surface area contributed by atoms with Crippen molar-refractivity contribution in [3.8, 4) is 0 Å². The number of anilines is 2. The molecule has 0 aliphatic carbocycles. The van der Waals surface area contributed by atoms with E-state index in [-0.39, 0.29) is 50.0 Å². The Morgan fingerprint density at radius 2 is 1.97 bits per heavy atom. The fourth-order valence-corrected chi connectivity index (χ4v) is 4.85. The van der Waals surface area contributed by atoms with Crippen LogP contribution in [0.5, 0.6) is 0 Å². The Labute approximate surface area is 209 Å². The van der Waals surface area contributed by atoms with Crippen molar-refractivity contribution in [2.75, 3.05) is 35.9 Å². The minimum atomic E-state index is -3.35. The van der Waals surface area contributed by atoms with E-state index in [9.17, 15) is 22.4 Å². The number of hydrogen-bond acceptors (Lipinski definition) is 6. The van der Waals surface area contributed by atoms with Crippen LogP contribution in [0.1, 0.15) is 23.0 Å². The number of nitrogens with zero attached hydrogens (tertiary/aromatic N) is 3. The SMILES string of the molecule is CCOC(=O)N1CC(CN)C(N(c2cn(C)c(C(=O)Nc3ccc(F)c(C)c3)c2F)[SH](=O)=O)C1.Cl. The first kappa shape index (κ1) is 28.3. The normalized spacial score (nSPS) is 17.3. The molecule has 2 amide bonds. The third kappa shape index (κ3) is 5.85. The first-order chi connectivity index (χ1) is 16.1. The minimum absolute atomic E-state index is 0. The zero-order chi connectivity index (χ0) is 25.2. The molecule has 2 aromatic rings. The van der Waals surface area contributed by atoms with Crippen LogP contribution in [0.2, 0.25) is 0 Å². The van der Waals surface area contributed by atoms with Gasteiger partial charge in [0.25, 0.3) is 5.91 Å². The third-order valence-corrected chi connectivity index (χ3v) is 6.57. The number of carbonyl (C=O) groups excluding carboxylic acids is 2. The third-order valence-electron chi connectivity index (χ3n) is 5.70. The van der Waals surface area contributed by atoms with Gasteiger partial charge in [-0.25, -0.2) is 22.0 Å². The molecule has 0 radical (unpaired) electrons. The molecular formula is C21H28ClF2N5O5S. The van der Waals surface area contributed by atoms with E-state index in [1.54, 1.807) is 6.92 Å². The van der Waals surface area contributed by atoms with Crippen LogP contribution in [0.3, 0.4) is 0 Å². The number of aromatic nitrogens is 1. The number of hydrogen-bond donors (Lipinski definition) is 3. The van der Waals surface area contributed by atoms with E-state index in [0.717, 1.165) is 8.87 Å². The fourth-order valence-electron chi connectivity index (χ4n) is 4.03. The zero-order valence-corrected chi connectivity index (χ0v) is 21.1. The van der Waals surface area contributed by atoms with Gasteiger partial charge in [0, 0.05) is 37.9 Å². The molecule has 14 heteroatoms. The van der Waals surface area contributed by atoms with Gasteiger partial charge in [-0.1, -0.05) is 0 Å². The van der Waals surface area contributed by atoms with Crippen molar-refractivity contribution >= 4 is 46.7 Å². The average Bonchev–Trinajstić information content (AvgIpc) is 3.32. The van der Waals surface area contributed by atoms with Gasteiger partial charge >= 0.3 is 6.09 Å². The zero-order valence-electron chi connectivity index (χ0n) is 19.4. The van der Waals surface area contributed by atoms with Crippen LogP contribution in [0.4, 0.5) is 25.0 Å². The Morgan fingerprint density at radius 1 is 1.29 bits per heavy atom. The summed E-state index contributed by atoms with van der Waals surface area (Å²) in [6, 6.07) is 3.05. The summed E-state index contributed by atoms with van der Waals surface area (Å²) < 4.78 is 60.4. The number of amides is 2. The van der Waals surface area contributed by atoms with Gasteiger partial charge in [-0.2, -0.15) is 0 Å². The quantitative estimate of drug-likeness (QED) is 0.466. The summed E-state index contributed by atoms with van der Waals surface area (Å²) in [7, 11) is -1.95. The van der Waals surface area contributed by atoms with E-state index in [4.69, 9.17) is 10.5 Å². The highest BCUT2D eigenvalue weighted by molar-refractivity contribution is 7.74. The van der Waals surface area contributed by atoms with Crippen molar-refractivity contribution in [1.29, 1.82) is 0 Å². The summed E-state index contributed by atoms with van der Waals surface area (Å²) >= 11 is 0. The number of benzene rings is 1. The number of nitrogens with one attached hydrogen (secondary N) is 1. The molecule has 1 aromatic heterocycles. The topological polar surface area (TPSA) is 127 Å². The highest BCUT2D eigenvalue weighted by atomic mass is 35.5. The van der Waals surface area contributed by atoms with E-state index >= 15 is 4.39 Å². The lowest BCUT2D eigenvalue weighted by atomic mass is 10.0. The van der Waals surface area contributed by atoms with Crippen LogP contribution in [-0.2, 0) is 22.7 Å². The Hall–Kier alpha value is -2.90. The monoisotopic (exact) mass is 535 g/mol. The van der Waals surface area contributed by atoms with Crippen molar-refractivity contribution in [3.05, 3.63) is 47.3 Å². The smallest absolute Gasteiger partial charge is 0.409 e. The van der Waals surface area contributed by atoms with E-state index in [1.165, 1.54) is 43.3 Å². The van der Waals surface area contributed by atoms with Crippen molar-refractivity contribution in [2.24, 2.45) is 18.7 Å². The molecule has 1 saturated heterocycles. The molecule has 3 N–H and O–H groups in total. The van der Waals surface area contributed by atoms with Crippen molar-refractivity contribution in [2.45, 2.75) is 19.9 Å². The van der Waals surface area contributed by atoms with Gasteiger partial charge in [0.15, 0.2) is 5.82 Å². The molecule has 0 bridgehead atoms. The second-order valence-corrected chi connectivity index (χ2v) is 8.86. The highest BCUT2D eigenvalue weighted by Gasteiger charge is 2.41. The summed E-state index contributed by atoms with van der Waals surface area (Å²) in [4.78, 5) is 26.3. The number of halogens is 3. The second kappa shape index (κ2) is 11.7. The van der Waals surface area contributed by atoms with Gasteiger partial charge in [0.2, 0.25) is 10.9 Å². The summed E-state index contributed by atoms with van der Waals surface area (Å²) in [5, 5.41) is 2.49. The van der Waals surface area contributed by atoms with Crippen LogP contribution in [-0.4, -0.2) is 62.2 Å². The molecular weight excluding hydrogens is 508 g/mol. The molecule has 2 heterocycles. The van der Waals surface area contributed by atoms with Gasteiger partial charge in [-0.15, -0.1) is 12.4 Å². The van der Waals surface area contributed by atoms with Gasteiger partial charge in [0.1, 0.15) is 17.2 Å². The number of nitrogens with two attached hydrogens (primary N) is 1. The lowest BCUT2D eigenvalue weighted by Gasteiger charge is -2.27. The summed E-state index contributed by atoms with van der Waals surface area (Å²) in [5.41, 5.74) is 5.61. The van der Waals surface area contributed by atoms with Gasteiger partial charge in [-0.3, -0.25) is 9.10 Å². The molecule has 0 spiro atoms. The van der Waals surface area contributed by atoms with Crippen LogP contribution in [0.15, 0.2) is 24.4 Å². The number of ether oxygens (including phenoxy) is 1. The van der Waals surface area contributed by atoms with Crippen LogP contribution in [0.25, 0.3) is 0 Å². The van der Waals surface area contributed by atoms with E-state index in [0.29, 0.717) is 5.56 Å². The maximum Gasteiger partial charge on any atom is 0.409 e. The standard InChI is InChI=1S/C21H27F2N5O5S.ClH/c1-4-33-21(30)27-9-13(8-24)16(11-27)28(34(31)32)17-10-26(3)19(18(17)23)20(29)25-14-5-6-15(22)12(2)7-14;/h5-7,10,13,16,34H,4,8-9,11,24H2,1-3H3,(H,25,29);1H. The number of carbonyl (C=O) groups is 2. The summed E-state index contributed by atoms with van der Waals surface area (Å²) in [6.07, 6.45) is 0.569. The number of rotatable bonds is 7. The van der Waals surface area contributed by atoms with Gasteiger partial charge < -0.3 is 25.3 Å². The largest absolute Gasteiger partial charge is 0.450 e. The predicted octanol–water partition coefficient (Wildman–Crippen LogP) is 2.03. The average molecular weight is 536 g/mol. The second-order valence-electron chi connectivity index (χ2n) is 7.96. The lowest BCUT2D eigenvalue weighted by molar-refractivity contribution is 0.101. The Bertz CT molecular complexity index is 1170. The molecule has 0 saturated carbocycles. The first-order valence-electron chi connectivity index (χ1n) is 10.6.